The van der Waals surface area contributed by atoms with Crippen molar-refractivity contribution in [3.8, 4) is 0 Å². The molecule has 0 aromatic rings. The minimum absolute atomic E-state index is 0.287. The van der Waals surface area contributed by atoms with Crippen molar-refractivity contribution in [3.63, 3.8) is 0 Å². The number of hydrogen-bond donors (Lipinski definition) is 2. The summed E-state index contributed by atoms with van der Waals surface area (Å²) in [4.78, 5) is 12.6. The van der Waals surface area contributed by atoms with Crippen molar-refractivity contribution in [1.82, 2.24) is 10.6 Å². The summed E-state index contributed by atoms with van der Waals surface area (Å²) in [5.74, 6) is 0.921. The number of carbonyl (C=O) groups excluding carboxylic acids is 1. The Labute approximate surface area is 128 Å². The predicted molar refractivity (Wildman–Crippen MR) is 83.8 cm³/mol. The third-order valence-corrected chi connectivity index (χ3v) is 7.14. The van der Waals surface area contributed by atoms with Gasteiger partial charge in [0, 0.05) is 12.8 Å². The van der Waals surface area contributed by atoms with Crippen LogP contribution in [-0.2, 0) is 14.6 Å². The van der Waals surface area contributed by atoms with E-state index < -0.39 is 14.6 Å². The van der Waals surface area contributed by atoms with E-state index in [9.17, 15) is 13.2 Å². The second-order valence-electron chi connectivity index (χ2n) is 6.86. The Morgan fingerprint density at radius 3 is 2.52 bits per heavy atom. The normalized spacial score (nSPS) is 29.8. The van der Waals surface area contributed by atoms with Crippen molar-refractivity contribution in [2.24, 2.45) is 11.8 Å². The largest absolute Gasteiger partial charge is 0.354 e. The van der Waals surface area contributed by atoms with E-state index in [2.05, 4.69) is 17.6 Å². The van der Waals surface area contributed by atoms with Gasteiger partial charge in [0.05, 0.1) is 0 Å². The van der Waals surface area contributed by atoms with Crippen LogP contribution in [0, 0.1) is 11.8 Å². The van der Waals surface area contributed by atoms with Crippen molar-refractivity contribution in [2.45, 2.75) is 50.2 Å². The maximum Gasteiger partial charge on any atom is 0.241 e. The molecule has 21 heavy (non-hydrogen) atoms. The van der Waals surface area contributed by atoms with Gasteiger partial charge in [0.2, 0.25) is 5.91 Å². The van der Waals surface area contributed by atoms with E-state index in [-0.39, 0.29) is 5.91 Å². The van der Waals surface area contributed by atoms with Gasteiger partial charge in [-0.05, 0) is 50.6 Å². The molecule has 0 bridgehead atoms. The molecule has 0 aromatic carbocycles. The number of carbonyl (C=O) groups is 1. The number of piperidine rings is 1. The molecule has 1 saturated heterocycles. The molecule has 2 rings (SSSR count). The zero-order chi connectivity index (χ0) is 15.5. The topological polar surface area (TPSA) is 75.3 Å². The van der Waals surface area contributed by atoms with Crippen molar-refractivity contribution in [2.75, 3.05) is 25.9 Å². The van der Waals surface area contributed by atoms with Crippen molar-refractivity contribution < 1.29 is 13.2 Å². The average Bonchev–Trinajstić information content (AvgIpc) is 2.44. The van der Waals surface area contributed by atoms with Crippen LogP contribution < -0.4 is 10.6 Å². The molecule has 2 N–H and O–H groups in total. The van der Waals surface area contributed by atoms with Crippen LogP contribution in [-0.4, -0.2) is 45.0 Å². The monoisotopic (exact) mass is 316 g/mol. The first kappa shape index (κ1) is 16.7. The van der Waals surface area contributed by atoms with Crippen molar-refractivity contribution in [3.05, 3.63) is 0 Å². The fourth-order valence-electron chi connectivity index (χ4n) is 3.74. The quantitative estimate of drug-likeness (QED) is 0.814. The first-order valence-electron chi connectivity index (χ1n) is 8.04. The molecule has 0 spiro atoms. The molecule has 2 atom stereocenters. The predicted octanol–water partition coefficient (Wildman–Crippen LogP) is 1.10. The molecule has 1 saturated carbocycles. The molecule has 2 aliphatic rings. The summed E-state index contributed by atoms with van der Waals surface area (Å²) in [5, 5.41) is 6.08. The summed E-state index contributed by atoms with van der Waals surface area (Å²) < 4.78 is 23.1. The molecule has 2 fully saturated rings. The number of sulfone groups is 1. The Balaban J connectivity index is 1.99. The van der Waals surface area contributed by atoms with Crippen LogP contribution in [0.15, 0.2) is 0 Å². The molecule has 1 aliphatic heterocycles. The second-order valence-corrected chi connectivity index (χ2v) is 9.19. The number of nitrogens with one attached hydrogen (secondary N) is 2. The summed E-state index contributed by atoms with van der Waals surface area (Å²) >= 11 is 0. The maximum atomic E-state index is 12.6. The molecule has 5 nitrogen and oxygen atoms in total. The third kappa shape index (κ3) is 3.77. The van der Waals surface area contributed by atoms with Gasteiger partial charge in [0.1, 0.15) is 0 Å². The summed E-state index contributed by atoms with van der Waals surface area (Å²) in [5.41, 5.74) is 0. The zero-order valence-electron chi connectivity index (χ0n) is 13.2. The zero-order valence-corrected chi connectivity index (χ0v) is 14.0. The maximum absolute atomic E-state index is 12.6. The van der Waals surface area contributed by atoms with Gasteiger partial charge >= 0.3 is 0 Å². The van der Waals surface area contributed by atoms with Gasteiger partial charge in [-0.1, -0.05) is 19.8 Å². The van der Waals surface area contributed by atoms with E-state index in [0.29, 0.717) is 44.3 Å². The van der Waals surface area contributed by atoms with Crippen LogP contribution in [0.3, 0.4) is 0 Å². The van der Waals surface area contributed by atoms with Gasteiger partial charge in [-0.2, -0.15) is 0 Å². The fourth-order valence-corrected chi connectivity index (χ4v) is 5.09. The highest BCUT2D eigenvalue weighted by atomic mass is 32.2. The van der Waals surface area contributed by atoms with Gasteiger partial charge < -0.3 is 10.6 Å². The van der Waals surface area contributed by atoms with Crippen LogP contribution in [0.25, 0.3) is 0 Å². The minimum atomic E-state index is -3.40. The lowest BCUT2D eigenvalue weighted by Gasteiger charge is -2.35. The molecule has 0 radical (unpaired) electrons. The summed E-state index contributed by atoms with van der Waals surface area (Å²) in [6.45, 7) is 4.04. The Kier molecular flexibility index (Phi) is 5.30. The molecule has 122 valence electrons. The molecule has 1 aliphatic carbocycles. The van der Waals surface area contributed by atoms with Crippen molar-refractivity contribution in [1.29, 1.82) is 0 Å². The standard InChI is InChI=1S/C15H28N2O3S/c1-12-4-3-5-13(10-12)11-17-14(18)15(21(2,19)20)6-8-16-9-7-15/h12-13,16H,3-11H2,1-2H3,(H,17,18). The lowest BCUT2D eigenvalue weighted by atomic mass is 9.82. The highest BCUT2D eigenvalue weighted by molar-refractivity contribution is 7.92. The molecule has 6 heteroatoms. The van der Waals surface area contributed by atoms with E-state index in [1.807, 2.05) is 0 Å². The van der Waals surface area contributed by atoms with Crippen LogP contribution in [0.5, 0.6) is 0 Å². The molecule has 1 heterocycles. The summed E-state index contributed by atoms with van der Waals surface area (Å²) in [7, 11) is -3.40. The Hall–Kier alpha value is -0.620. The van der Waals surface area contributed by atoms with E-state index in [4.69, 9.17) is 0 Å². The minimum Gasteiger partial charge on any atom is -0.354 e. The highest BCUT2D eigenvalue weighted by Gasteiger charge is 2.48. The summed E-state index contributed by atoms with van der Waals surface area (Å²) in [6.07, 6.45) is 6.69. The number of rotatable bonds is 4. The van der Waals surface area contributed by atoms with Gasteiger partial charge in [0.25, 0.3) is 0 Å². The molecular weight excluding hydrogens is 288 g/mol. The SMILES string of the molecule is CC1CCCC(CNC(=O)C2(S(C)(=O)=O)CCNCC2)C1. The van der Waals surface area contributed by atoms with Crippen LogP contribution >= 0.6 is 0 Å². The molecular formula is C15H28N2O3S. The third-order valence-electron chi connectivity index (χ3n) is 5.13. The molecule has 1 amide bonds. The van der Waals surface area contributed by atoms with E-state index in [0.717, 1.165) is 12.8 Å². The molecule has 2 unspecified atom stereocenters. The van der Waals surface area contributed by atoms with Crippen LogP contribution in [0.1, 0.15) is 45.4 Å². The van der Waals surface area contributed by atoms with Gasteiger partial charge in [0.15, 0.2) is 14.6 Å². The van der Waals surface area contributed by atoms with Gasteiger partial charge in [-0.3, -0.25) is 4.79 Å². The Morgan fingerprint density at radius 2 is 1.95 bits per heavy atom. The fraction of sp³-hybridized carbons (Fsp3) is 0.933. The van der Waals surface area contributed by atoms with E-state index in [1.54, 1.807) is 0 Å². The van der Waals surface area contributed by atoms with Crippen LogP contribution in [0.4, 0.5) is 0 Å². The second kappa shape index (κ2) is 6.65. The number of hydrogen-bond acceptors (Lipinski definition) is 4. The highest BCUT2D eigenvalue weighted by Crippen LogP contribution is 2.30. The van der Waals surface area contributed by atoms with E-state index in [1.165, 1.54) is 19.1 Å². The van der Waals surface area contributed by atoms with E-state index >= 15 is 0 Å². The number of amides is 1. The lowest BCUT2D eigenvalue weighted by Crippen LogP contribution is -2.57. The smallest absolute Gasteiger partial charge is 0.241 e. The Morgan fingerprint density at radius 1 is 1.29 bits per heavy atom. The lowest BCUT2D eigenvalue weighted by molar-refractivity contribution is -0.124. The first-order valence-corrected chi connectivity index (χ1v) is 9.93. The Bertz CT molecular complexity index is 469. The van der Waals surface area contributed by atoms with Gasteiger partial charge in [-0.15, -0.1) is 0 Å². The molecule has 0 aromatic heterocycles. The van der Waals surface area contributed by atoms with Crippen molar-refractivity contribution >= 4 is 15.7 Å². The summed E-state index contributed by atoms with van der Waals surface area (Å²) in [6, 6.07) is 0. The van der Waals surface area contributed by atoms with Crippen LogP contribution in [0.2, 0.25) is 0 Å². The average molecular weight is 316 g/mol. The van der Waals surface area contributed by atoms with Gasteiger partial charge in [-0.25, -0.2) is 8.42 Å². The first-order chi connectivity index (χ1) is 9.85.